The molecule has 38 heavy (non-hydrogen) atoms. The first-order valence-electron chi connectivity index (χ1n) is 12.7. The molecule has 4 heterocycles. The van der Waals surface area contributed by atoms with Crippen LogP contribution in [-0.2, 0) is 10.2 Å². The molecule has 7 rings (SSSR count). The number of rotatable bonds is 4. The molecule has 6 heteroatoms. The predicted molar refractivity (Wildman–Crippen MR) is 150 cm³/mol. The molecule has 4 atom stereocenters. The molecule has 0 unspecified atom stereocenters. The highest BCUT2D eigenvalue weighted by Gasteiger charge is 2.70. The normalized spacial score (nSPS) is 24.6. The van der Waals surface area contributed by atoms with Gasteiger partial charge < -0.3 is 10.2 Å². The Kier molecular flexibility index (Phi) is 5.03. The number of benzene rings is 3. The number of thiophene rings is 1. The third kappa shape index (κ3) is 3.01. The zero-order valence-electron chi connectivity index (χ0n) is 20.6. The summed E-state index contributed by atoms with van der Waals surface area (Å²) in [5.41, 5.74) is 3.51. The Bertz CT molecular complexity index is 1640. The van der Waals surface area contributed by atoms with Crippen molar-refractivity contribution in [1.29, 1.82) is 0 Å². The second-order valence-electron chi connectivity index (χ2n) is 10.1. The van der Waals surface area contributed by atoms with Crippen LogP contribution in [0.25, 0.3) is 6.08 Å². The Balaban J connectivity index is 1.54. The summed E-state index contributed by atoms with van der Waals surface area (Å²) in [5, 5.41) is 4.94. The molecule has 0 aliphatic carbocycles. The van der Waals surface area contributed by atoms with Crippen molar-refractivity contribution in [3.8, 4) is 0 Å². The average molecular weight is 517 g/mol. The number of aryl methyl sites for hydroxylation is 1. The van der Waals surface area contributed by atoms with Gasteiger partial charge in [0.05, 0.1) is 16.8 Å². The number of amides is 1. The largest absolute Gasteiger partial charge is 0.352 e. The molecular formula is C32H24N2O3S. The first kappa shape index (κ1) is 22.9. The molecule has 3 aliphatic rings. The van der Waals surface area contributed by atoms with Gasteiger partial charge in [-0.3, -0.25) is 14.4 Å². The number of ketones is 2. The number of carbonyl (C=O) groups excluding carboxylic acids is 3. The van der Waals surface area contributed by atoms with E-state index in [0.29, 0.717) is 16.1 Å². The number of para-hydroxylation sites is 2. The second kappa shape index (κ2) is 8.36. The van der Waals surface area contributed by atoms with Crippen molar-refractivity contribution in [2.24, 2.45) is 5.92 Å². The zero-order chi connectivity index (χ0) is 26.0. The Morgan fingerprint density at radius 1 is 0.895 bits per heavy atom. The highest BCUT2D eigenvalue weighted by atomic mass is 32.1. The number of nitrogens with zero attached hydrogens (tertiary/aromatic N) is 1. The van der Waals surface area contributed by atoms with Crippen molar-refractivity contribution in [3.63, 3.8) is 0 Å². The second-order valence-corrected chi connectivity index (χ2v) is 11.1. The number of fused-ring (bicyclic) bond motifs is 6. The van der Waals surface area contributed by atoms with E-state index in [4.69, 9.17) is 0 Å². The minimum Gasteiger partial charge on any atom is -0.352 e. The van der Waals surface area contributed by atoms with Gasteiger partial charge in [-0.2, -0.15) is 0 Å². The fraction of sp³-hybridized carbons (Fsp3) is 0.156. The average Bonchev–Trinajstić information content (AvgIpc) is 3.65. The molecule has 0 radical (unpaired) electrons. The zero-order valence-corrected chi connectivity index (χ0v) is 21.4. The van der Waals surface area contributed by atoms with Crippen LogP contribution >= 0.6 is 11.3 Å². The van der Waals surface area contributed by atoms with Gasteiger partial charge in [0.1, 0.15) is 11.5 Å². The van der Waals surface area contributed by atoms with Gasteiger partial charge in [-0.15, -0.1) is 11.3 Å². The molecule has 5 nitrogen and oxygen atoms in total. The molecule has 0 bridgehead atoms. The van der Waals surface area contributed by atoms with Gasteiger partial charge in [0.25, 0.3) is 0 Å². The summed E-state index contributed by atoms with van der Waals surface area (Å²) in [6.45, 7) is 1.97. The van der Waals surface area contributed by atoms with E-state index in [1.54, 1.807) is 18.2 Å². The maximum Gasteiger partial charge on any atom is 0.238 e. The molecule has 3 aromatic carbocycles. The molecule has 0 saturated carbocycles. The lowest BCUT2D eigenvalue weighted by Gasteiger charge is -2.37. The lowest BCUT2D eigenvalue weighted by Crippen LogP contribution is -2.51. The van der Waals surface area contributed by atoms with E-state index >= 15 is 0 Å². The molecule has 1 aromatic heterocycles. The van der Waals surface area contributed by atoms with Gasteiger partial charge in [0.2, 0.25) is 5.91 Å². The van der Waals surface area contributed by atoms with Crippen LogP contribution in [0.1, 0.15) is 36.7 Å². The van der Waals surface area contributed by atoms with Crippen LogP contribution < -0.4 is 10.2 Å². The summed E-state index contributed by atoms with van der Waals surface area (Å²) >= 11 is 1.36. The standard InChI is InChI=1S/C32H24N2O3S/c1-19-12-14-21(15-13-19)29(35)27-28(30(36)25-11-6-18-38-25)34-24-10-5-2-7-20(24)16-17-26(34)32(27)22-8-3-4-9-23(22)33-31(32)37/h2-18,26-28H,1H3,(H,33,37)/t26-,27-,28+,32-/m0/s1. The minimum atomic E-state index is -1.28. The Labute approximate surface area is 224 Å². The van der Waals surface area contributed by atoms with E-state index in [-0.39, 0.29) is 17.5 Å². The summed E-state index contributed by atoms with van der Waals surface area (Å²) in [6, 6.07) is 25.1. The van der Waals surface area contributed by atoms with Gasteiger partial charge in [-0.05, 0) is 41.6 Å². The summed E-state index contributed by atoms with van der Waals surface area (Å²) in [5.74, 6) is -1.53. The van der Waals surface area contributed by atoms with Gasteiger partial charge >= 0.3 is 0 Å². The van der Waals surface area contributed by atoms with Gasteiger partial charge in [0, 0.05) is 16.9 Å². The van der Waals surface area contributed by atoms with Crippen LogP contribution in [0.3, 0.4) is 0 Å². The van der Waals surface area contributed by atoms with E-state index in [9.17, 15) is 14.4 Å². The Hall–Kier alpha value is -4.29. The fourth-order valence-corrected chi connectivity index (χ4v) is 7.28. The lowest BCUT2D eigenvalue weighted by atomic mass is 9.64. The summed E-state index contributed by atoms with van der Waals surface area (Å²) in [7, 11) is 0. The minimum absolute atomic E-state index is 0.144. The molecule has 4 aromatic rings. The number of hydrogen-bond donors (Lipinski definition) is 1. The van der Waals surface area contributed by atoms with Crippen LogP contribution in [0.5, 0.6) is 0 Å². The molecule has 3 aliphatic heterocycles. The van der Waals surface area contributed by atoms with Crippen molar-refractivity contribution >= 4 is 46.3 Å². The summed E-state index contributed by atoms with van der Waals surface area (Å²) in [4.78, 5) is 45.9. The number of anilines is 2. The molecule has 1 fully saturated rings. The first-order chi connectivity index (χ1) is 18.5. The van der Waals surface area contributed by atoms with Crippen molar-refractivity contribution in [1.82, 2.24) is 0 Å². The predicted octanol–water partition coefficient (Wildman–Crippen LogP) is 5.91. The summed E-state index contributed by atoms with van der Waals surface area (Å²) in [6.07, 6.45) is 4.01. The molecule has 1 saturated heterocycles. The SMILES string of the molecule is Cc1ccc(C(=O)[C@@H]2[C@H](C(=O)c3cccs3)N3c4ccccc4C=C[C@H]3[C@]23C(=O)Nc2ccccc23)cc1. The lowest BCUT2D eigenvalue weighted by molar-refractivity contribution is -0.121. The number of carbonyl (C=O) groups is 3. The Morgan fingerprint density at radius 3 is 2.45 bits per heavy atom. The molecule has 1 N–H and O–H groups in total. The quantitative estimate of drug-likeness (QED) is 0.343. The number of hydrogen-bond acceptors (Lipinski definition) is 5. The van der Waals surface area contributed by atoms with Gasteiger partial charge in [-0.25, -0.2) is 0 Å². The molecule has 186 valence electrons. The van der Waals surface area contributed by atoms with E-state index in [1.165, 1.54) is 11.3 Å². The van der Waals surface area contributed by atoms with Crippen molar-refractivity contribution < 1.29 is 14.4 Å². The highest BCUT2D eigenvalue weighted by Crippen LogP contribution is 2.58. The third-order valence-corrected chi connectivity index (χ3v) is 9.08. The molecular weight excluding hydrogens is 492 g/mol. The summed E-state index contributed by atoms with van der Waals surface area (Å²) < 4.78 is 0. The van der Waals surface area contributed by atoms with Crippen LogP contribution in [-0.4, -0.2) is 29.6 Å². The van der Waals surface area contributed by atoms with Crippen molar-refractivity contribution in [2.75, 3.05) is 10.2 Å². The Morgan fingerprint density at radius 2 is 1.66 bits per heavy atom. The molecule has 1 amide bonds. The van der Waals surface area contributed by atoms with Crippen LogP contribution in [0.2, 0.25) is 0 Å². The van der Waals surface area contributed by atoms with E-state index in [0.717, 1.165) is 22.4 Å². The third-order valence-electron chi connectivity index (χ3n) is 8.19. The smallest absolute Gasteiger partial charge is 0.238 e. The number of nitrogens with one attached hydrogen (secondary N) is 1. The first-order valence-corrected chi connectivity index (χ1v) is 13.5. The maximum atomic E-state index is 14.6. The van der Waals surface area contributed by atoms with Crippen molar-refractivity contribution in [3.05, 3.63) is 124 Å². The van der Waals surface area contributed by atoms with Crippen LogP contribution in [0, 0.1) is 12.8 Å². The monoisotopic (exact) mass is 516 g/mol. The van der Waals surface area contributed by atoms with Gasteiger partial charge in [0.15, 0.2) is 11.6 Å². The number of Topliss-reactive ketones (excluding diaryl/α,β-unsaturated/α-hetero) is 2. The van der Waals surface area contributed by atoms with E-state index in [1.807, 2.05) is 96.1 Å². The van der Waals surface area contributed by atoms with Crippen LogP contribution in [0.4, 0.5) is 11.4 Å². The topological polar surface area (TPSA) is 66.5 Å². The van der Waals surface area contributed by atoms with Crippen LogP contribution in [0.15, 0.2) is 96.4 Å². The van der Waals surface area contributed by atoms with E-state index < -0.39 is 23.4 Å². The van der Waals surface area contributed by atoms with Gasteiger partial charge in [-0.1, -0.05) is 84.4 Å². The maximum absolute atomic E-state index is 14.6. The van der Waals surface area contributed by atoms with Crippen molar-refractivity contribution in [2.45, 2.75) is 24.4 Å². The van der Waals surface area contributed by atoms with E-state index in [2.05, 4.69) is 5.32 Å². The molecule has 1 spiro atoms. The highest BCUT2D eigenvalue weighted by molar-refractivity contribution is 7.12. The fourth-order valence-electron chi connectivity index (χ4n) is 6.58.